The summed E-state index contributed by atoms with van der Waals surface area (Å²) in [5.41, 5.74) is 5.48. The van der Waals surface area contributed by atoms with Crippen LogP contribution < -0.4 is 10.1 Å². The lowest BCUT2D eigenvalue weighted by molar-refractivity contribution is -0.126. The summed E-state index contributed by atoms with van der Waals surface area (Å²) in [4.78, 5) is 13.9. The average Bonchev–Trinajstić information content (AvgIpc) is 3.27. The van der Waals surface area contributed by atoms with Crippen molar-refractivity contribution in [1.29, 1.82) is 0 Å². The molecule has 1 aliphatic rings. The molecule has 29 heavy (non-hydrogen) atoms. The molecule has 1 aromatic heterocycles. The van der Waals surface area contributed by atoms with E-state index in [2.05, 4.69) is 45.1 Å². The minimum absolute atomic E-state index is 0.0260. The van der Waals surface area contributed by atoms with Crippen molar-refractivity contribution in [2.24, 2.45) is 11.8 Å². The first-order valence-electron chi connectivity index (χ1n) is 11.1. The van der Waals surface area contributed by atoms with Gasteiger partial charge in [-0.25, -0.2) is 0 Å². The minimum Gasteiger partial charge on any atom is -0.493 e. The highest BCUT2D eigenvalue weighted by Crippen LogP contribution is 2.37. The summed E-state index contributed by atoms with van der Waals surface area (Å²) in [6.45, 7) is 14.0. The molecule has 2 aromatic rings. The van der Waals surface area contributed by atoms with Crippen LogP contribution in [0.1, 0.15) is 67.7 Å². The normalized spacial score (nSPS) is 16.3. The second-order valence-electron chi connectivity index (χ2n) is 7.71. The van der Waals surface area contributed by atoms with Crippen molar-refractivity contribution in [3.63, 3.8) is 0 Å². The number of hydrogen-bond donors (Lipinski definition) is 1. The molecule has 3 nitrogen and oxygen atoms in total. The van der Waals surface area contributed by atoms with E-state index < -0.39 is 0 Å². The zero-order valence-corrected chi connectivity index (χ0v) is 19.7. The fourth-order valence-corrected chi connectivity index (χ4v) is 4.72. The van der Waals surface area contributed by atoms with E-state index in [1.165, 1.54) is 27.1 Å². The van der Waals surface area contributed by atoms with Gasteiger partial charge in [-0.2, -0.15) is 0 Å². The fourth-order valence-electron chi connectivity index (χ4n) is 4.07. The molecule has 1 N–H and O–H groups in total. The third kappa shape index (κ3) is 5.85. The Bertz CT molecular complexity index is 783. The molecule has 0 radical (unpaired) electrons. The topological polar surface area (TPSA) is 38.3 Å². The molecule has 0 bridgehead atoms. The van der Waals surface area contributed by atoms with Crippen molar-refractivity contribution in [3.05, 3.63) is 50.7 Å². The van der Waals surface area contributed by atoms with Gasteiger partial charge in [0.2, 0.25) is 5.91 Å². The van der Waals surface area contributed by atoms with Crippen LogP contribution in [0.5, 0.6) is 5.75 Å². The Kier molecular flexibility index (Phi) is 9.22. The molecular weight excluding hydrogens is 378 g/mol. The summed E-state index contributed by atoms with van der Waals surface area (Å²) in [5.74, 6) is 1.60. The molecule has 3 rings (SSSR count). The van der Waals surface area contributed by atoms with Gasteiger partial charge in [-0.05, 0) is 85.2 Å². The predicted molar refractivity (Wildman–Crippen MR) is 124 cm³/mol. The zero-order valence-electron chi connectivity index (χ0n) is 18.9. The summed E-state index contributed by atoms with van der Waals surface area (Å²) in [7, 11) is 0. The zero-order chi connectivity index (χ0) is 21.4. The van der Waals surface area contributed by atoms with Crippen molar-refractivity contribution in [2.75, 3.05) is 6.61 Å². The SMILES string of the molecule is CC.CCCOc1cc(C)c2c(c1C)CC([C@H](C)C(=O)NCc1cccs1)CC2. The van der Waals surface area contributed by atoms with Crippen molar-refractivity contribution in [1.82, 2.24) is 5.32 Å². The Morgan fingerprint density at radius 3 is 2.72 bits per heavy atom. The molecule has 0 fully saturated rings. The van der Waals surface area contributed by atoms with E-state index in [1.54, 1.807) is 11.3 Å². The van der Waals surface area contributed by atoms with Gasteiger partial charge in [-0.1, -0.05) is 33.8 Å². The lowest BCUT2D eigenvalue weighted by Gasteiger charge is -2.31. The number of rotatable bonds is 7. The number of thiophene rings is 1. The molecule has 0 saturated carbocycles. The predicted octanol–water partition coefficient (Wildman–Crippen LogP) is 6.24. The Hall–Kier alpha value is -1.81. The van der Waals surface area contributed by atoms with Crippen LogP contribution in [0.2, 0.25) is 0 Å². The van der Waals surface area contributed by atoms with Crippen LogP contribution in [0.4, 0.5) is 0 Å². The van der Waals surface area contributed by atoms with Gasteiger partial charge >= 0.3 is 0 Å². The molecule has 1 amide bonds. The van der Waals surface area contributed by atoms with E-state index in [1.807, 2.05) is 25.3 Å². The molecule has 2 atom stereocenters. The van der Waals surface area contributed by atoms with Crippen molar-refractivity contribution >= 4 is 17.2 Å². The Balaban J connectivity index is 0.00000145. The lowest BCUT2D eigenvalue weighted by atomic mass is 9.74. The van der Waals surface area contributed by atoms with E-state index in [-0.39, 0.29) is 11.8 Å². The summed E-state index contributed by atoms with van der Waals surface area (Å²) in [5, 5.41) is 5.17. The summed E-state index contributed by atoms with van der Waals surface area (Å²) in [6.07, 6.45) is 4.12. The quantitative estimate of drug-likeness (QED) is 0.581. The van der Waals surface area contributed by atoms with Crippen LogP contribution in [0.25, 0.3) is 0 Å². The summed E-state index contributed by atoms with van der Waals surface area (Å²) < 4.78 is 5.98. The van der Waals surface area contributed by atoms with Crippen LogP contribution in [0.3, 0.4) is 0 Å². The Labute approximate surface area is 180 Å². The molecular formula is C25H37NO2S. The largest absolute Gasteiger partial charge is 0.493 e. The highest BCUT2D eigenvalue weighted by atomic mass is 32.1. The van der Waals surface area contributed by atoms with E-state index in [0.717, 1.165) is 38.0 Å². The summed E-state index contributed by atoms with van der Waals surface area (Å²) in [6, 6.07) is 6.29. The van der Waals surface area contributed by atoms with Crippen molar-refractivity contribution < 1.29 is 9.53 Å². The molecule has 1 heterocycles. The van der Waals surface area contributed by atoms with Crippen LogP contribution in [-0.4, -0.2) is 12.5 Å². The first-order valence-corrected chi connectivity index (χ1v) is 11.9. The lowest BCUT2D eigenvalue weighted by Crippen LogP contribution is -2.35. The van der Waals surface area contributed by atoms with Crippen LogP contribution >= 0.6 is 11.3 Å². The van der Waals surface area contributed by atoms with Crippen molar-refractivity contribution in [3.8, 4) is 5.75 Å². The molecule has 0 spiro atoms. The minimum atomic E-state index is 0.0260. The van der Waals surface area contributed by atoms with Gasteiger partial charge in [0, 0.05) is 10.8 Å². The number of ether oxygens (including phenoxy) is 1. The molecule has 1 unspecified atom stereocenters. The number of aryl methyl sites for hydroxylation is 1. The highest BCUT2D eigenvalue weighted by Gasteiger charge is 2.30. The van der Waals surface area contributed by atoms with E-state index in [0.29, 0.717) is 12.5 Å². The maximum absolute atomic E-state index is 12.7. The number of amides is 1. The number of fused-ring (bicyclic) bond motifs is 1. The van der Waals surface area contributed by atoms with Gasteiger partial charge in [0.15, 0.2) is 0 Å². The van der Waals surface area contributed by atoms with Gasteiger partial charge in [0.25, 0.3) is 0 Å². The summed E-state index contributed by atoms with van der Waals surface area (Å²) >= 11 is 1.69. The number of hydrogen-bond acceptors (Lipinski definition) is 3. The smallest absolute Gasteiger partial charge is 0.223 e. The van der Waals surface area contributed by atoms with Gasteiger partial charge in [0.05, 0.1) is 13.2 Å². The maximum Gasteiger partial charge on any atom is 0.223 e. The Morgan fingerprint density at radius 2 is 2.07 bits per heavy atom. The molecule has 160 valence electrons. The van der Waals surface area contributed by atoms with Gasteiger partial charge < -0.3 is 10.1 Å². The van der Waals surface area contributed by atoms with Crippen LogP contribution in [0, 0.1) is 25.7 Å². The van der Waals surface area contributed by atoms with Gasteiger partial charge in [-0.3, -0.25) is 4.79 Å². The van der Waals surface area contributed by atoms with Crippen LogP contribution in [-0.2, 0) is 24.2 Å². The number of carbonyl (C=O) groups excluding carboxylic acids is 1. The van der Waals surface area contributed by atoms with E-state index in [9.17, 15) is 4.79 Å². The van der Waals surface area contributed by atoms with Gasteiger partial charge in [-0.15, -0.1) is 11.3 Å². The highest BCUT2D eigenvalue weighted by molar-refractivity contribution is 7.09. The van der Waals surface area contributed by atoms with Crippen molar-refractivity contribution in [2.45, 2.75) is 73.8 Å². The van der Waals surface area contributed by atoms with Crippen LogP contribution in [0.15, 0.2) is 23.6 Å². The van der Waals surface area contributed by atoms with Gasteiger partial charge in [0.1, 0.15) is 5.75 Å². The number of nitrogens with one attached hydrogen (secondary N) is 1. The van der Waals surface area contributed by atoms with E-state index in [4.69, 9.17) is 4.74 Å². The third-order valence-electron chi connectivity index (χ3n) is 5.84. The molecule has 0 saturated heterocycles. The molecule has 1 aromatic carbocycles. The fraction of sp³-hybridized carbons (Fsp3) is 0.560. The number of benzene rings is 1. The first kappa shape index (κ1) is 23.5. The second-order valence-corrected chi connectivity index (χ2v) is 8.74. The molecule has 0 aliphatic heterocycles. The molecule has 1 aliphatic carbocycles. The number of carbonyl (C=O) groups is 1. The van der Waals surface area contributed by atoms with E-state index >= 15 is 0 Å². The molecule has 4 heteroatoms. The second kappa shape index (κ2) is 11.4. The monoisotopic (exact) mass is 415 g/mol. The third-order valence-corrected chi connectivity index (χ3v) is 6.72. The standard InChI is InChI=1S/C23H31NO2S.C2H6/c1-5-10-26-22-12-15(2)20-9-8-18(13-21(20)17(22)4)16(3)23(25)24-14-19-7-6-11-27-19;1-2/h6-7,11-12,16,18H,5,8-10,13-14H2,1-4H3,(H,24,25);1-2H3/t16-,18?;/m0./s1. The Morgan fingerprint density at radius 1 is 1.31 bits per heavy atom. The maximum atomic E-state index is 12.7. The first-order chi connectivity index (χ1) is 14.0. The average molecular weight is 416 g/mol.